The second-order valence-corrected chi connectivity index (χ2v) is 9.30. The van der Waals surface area contributed by atoms with Crippen LogP contribution in [0.2, 0.25) is 0 Å². The Morgan fingerprint density at radius 2 is 1.70 bits per heavy atom. The number of anilines is 2. The Hall–Kier alpha value is -5.15. The van der Waals surface area contributed by atoms with Crippen LogP contribution in [-0.4, -0.2) is 15.0 Å². The molecule has 6 rings (SSSR count). The fourth-order valence-corrected chi connectivity index (χ4v) is 4.78. The molecular weight excluding hydrogens is 530 g/mol. The average Bonchev–Trinajstić information content (AvgIpc) is 3.46. The molecule has 0 aliphatic carbocycles. The summed E-state index contributed by atoms with van der Waals surface area (Å²) in [6.45, 7) is 6.72. The van der Waals surface area contributed by atoms with Gasteiger partial charge in [0.15, 0.2) is 11.6 Å². The summed E-state index contributed by atoms with van der Waals surface area (Å²) < 4.78 is 36.0. The van der Waals surface area contributed by atoms with E-state index in [-0.39, 0.29) is 28.1 Å². The van der Waals surface area contributed by atoms with Gasteiger partial charge in [-0.2, -0.15) is 0 Å². The monoisotopic (exact) mass is 552 g/mol. The second-order valence-electron chi connectivity index (χ2n) is 8.38. The maximum atomic E-state index is 15.0. The molecular formula is C31H22F2N4O2S. The molecule has 6 nitrogen and oxygen atoms in total. The lowest BCUT2D eigenvalue weighted by molar-refractivity contribution is 0.447. The molecule has 9 heteroatoms. The van der Waals surface area contributed by atoms with Crippen molar-refractivity contribution in [3.05, 3.63) is 132 Å². The molecule has 0 unspecified atom stereocenters. The molecule has 0 saturated heterocycles. The number of nitrogens with one attached hydrogen (secondary N) is 2. The molecule has 0 fully saturated rings. The zero-order valence-electron chi connectivity index (χ0n) is 21.0. The van der Waals surface area contributed by atoms with Gasteiger partial charge in [0, 0.05) is 47.5 Å². The quantitative estimate of drug-likeness (QED) is 0.203. The van der Waals surface area contributed by atoms with Crippen LogP contribution in [-0.2, 0) is 0 Å². The van der Waals surface area contributed by atoms with E-state index in [0.717, 1.165) is 10.2 Å². The molecule has 40 heavy (non-hydrogen) atoms. The number of pyridine rings is 3. The summed E-state index contributed by atoms with van der Waals surface area (Å²) in [5.74, 6) is -0.325. The number of hydrogen-bond donors (Lipinski definition) is 2. The van der Waals surface area contributed by atoms with Crippen LogP contribution in [0.4, 0.5) is 20.3 Å². The van der Waals surface area contributed by atoms with Crippen molar-refractivity contribution in [3.8, 4) is 22.6 Å². The predicted octanol–water partition coefficient (Wildman–Crippen LogP) is 8.37. The molecule has 4 heterocycles. The first kappa shape index (κ1) is 26.5. The third kappa shape index (κ3) is 5.36. The van der Waals surface area contributed by atoms with Crippen molar-refractivity contribution in [1.82, 2.24) is 15.0 Å². The van der Waals surface area contributed by atoms with Crippen LogP contribution in [0.3, 0.4) is 0 Å². The number of H-pyrrole nitrogens is 1. The Balaban J connectivity index is 0.000000758. The minimum absolute atomic E-state index is 0.0482. The number of benzene rings is 2. The molecule has 2 aromatic carbocycles. The number of nitrogens with zero attached hydrogens (tertiary/aromatic N) is 2. The number of aromatic amines is 1. The average molecular weight is 553 g/mol. The fourth-order valence-electron chi connectivity index (χ4n) is 3.98. The maximum absolute atomic E-state index is 15.0. The lowest BCUT2D eigenvalue weighted by Gasteiger charge is -2.12. The number of thiophene rings is 1. The molecule has 0 radical (unpaired) electrons. The van der Waals surface area contributed by atoms with Gasteiger partial charge >= 0.3 is 0 Å². The maximum Gasteiger partial charge on any atom is 0.201 e. The molecule has 0 bridgehead atoms. The number of halogens is 2. The number of aromatic nitrogens is 3. The van der Waals surface area contributed by atoms with Crippen LogP contribution in [0.25, 0.3) is 32.2 Å². The molecule has 6 aromatic rings. The first-order valence-electron chi connectivity index (χ1n) is 12.1. The molecule has 0 atom stereocenters. The summed E-state index contributed by atoms with van der Waals surface area (Å²) in [6.07, 6.45) is 7.88. The minimum Gasteiger partial charge on any atom is -0.453 e. The zero-order chi connectivity index (χ0) is 28.1. The Morgan fingerprint density at radius 3 is 2.48 bits per heavy atom. The molecule has 0 saturated carbocycles. The van der Waals surface area contributed by atoms with E-state index in [4.69, 9.17) is 4.74 Å². The molecule has 198 valence electrons. The lowest BCUT2D eigenvalue weighted by atomic mass is 10.0. The minimum atomic E-state index is -0.595. The van der Waals surface area contributed by atoms with Gasteiger partial charge in [-0.05, 0) is 35.7 Å². The number of fused-ring (bicyclic) bond motifs is 2. The first-order valence-corrected chi connectivity index (χ1v) is 12.9. The molecule has 4 aromatic heterocycles. The number of allylic oxidation sites excluding steroid dienone is 2. The molecule has 0 amide bonds. The van der Waals surface area contributed by atoms with Crippen LogP contribution < -0.4 is 15.5 Å². The van der Waals surface area contributed by atoms with Crippen molar-refractivity contribution >= 4 is 44.0 Å². The van der Waals surface area contributed by atoms with Gasteiger partial charge in [0.05, 0.1) is 21.1 Å². The number of hydrogen-bond acceptors (Lipinski definition) is 6. The number of ether oxygens (including phenoxy) is 1. The number of rotatable bonds is 6. The highest BCUT2D eigenvalue weighted by Gasteiger charge is 2.16. The van der Waals surface area contributed by atoms with Gasteiger partial charge in [-0.25, -0.2) is 13.8 Å². The van der Waals surface area contributed by atoms with Gasteiger partial charge < -0.3 is 15.0 Å². The van der Waals surface area contributed by atoms with E-state index < -0.39 is 17.1 Å². The molecule has 0 aliphatic heterocycles. The Morgan fingerprint density at radius 1 is 0.900 bits per heavy atom. The van der Waals surface area contributed by atoms with Crippen molar-refractivity contribution in [1.29, 1.82) is 0 Å². The topological polar surface area (TPSA) is 79.9 Å². The van der Waals surface area contributed by atoms with Crippen LogP contribution in [0, 0.1) is 11.6 Å². The van der Waals surface area contributed by atoms with Crippen molar-refractivity contribution in [2.75, 3.05) is 5.32 Å². The predicted molar refractivity (Wildman–Crippen MR) is 158 cm³/mol. The third-order valence-electron chi connectivity index (χ3n) is 5.85. The highest BCUT2D eigenvalue weighted by atomic mass is 32.1. The van der Waals surface area contributed by atoms with Gasteiger partial charge in [0.25, 0.3) is 0 Å². The first-order chi connectivity index (χ1) is 19.5. The van der Waals surface area contributed by atoms with Crippen LogP contribution >= 0.6 is 11.3 Å². The van der Waals surface area contributed by atoms with Crippen LogP contribution in [0.15, 0.2) is 115 Å². The Bertz CT molecular complexity index is 1910. The van der Waals surface area contributed by atoms with Crippen molar-refractivity contribution in [2.24, 2.45) is 0 Å². The van der Waals surface area contributed by atoms with Gasteiger partial charge in [-0.1, -0.05) is 43.5 Å². The fraction of sp³-hybridized carbons (Fsp3) is 0. The summed E-state index contributed by atoms with van der Waals surface area (Å²) in [6, 6.07) is 15.6. The highest BCUT2D eigenvalue weighted by molar-refractivity contribution is 7.17. The van der Waals surface area contributed by atoms with Crippen molar-refractivity contribution in [2.45, 2.75) is 0 Å². The molecule has 0 spiro atoms. The van der Waals surface area contributed by atoms with Crippen molar-refractivity contribution in [3.63, 3.8) is 0 Å². The normalized spacial score (nSPS) is 10.6. The Kier molecular flexibility index (Phi) is 7.75. The molecule has 0 aliphatic rings. The standard InChI is InChI=1S/C27H16F2N4O2S.C4H6/c28-18-4-2-1-3-16(18)17-14-32-20-7-10-31-27(24(20)25(17)34)33-15-5-6-22(19(29)13-15)35-23-8-11-30-21-9-12-36-26(21)23;1-3-4-2/h1-14H,(H,31,33)(H,32,34);3-4H,1-2H2. The summed E-state index contributed by atoms with van der Waals surface area (Å²) >= 11 is 1.46. The van der Waals surface area contributed by atoms with Gasteiger partial charge in [-0.3, -0.25) is 9.78 Å². The van der Waals surface area contributed by atoms with E-state index in [1.54, 1.807) is 48.7 Å². The summed E-state index contributed by atoms with van der Waals surface area (Å²) in [5, 5.41) is 5.14. The summed E-state index contributed by atoms with van der Waals surface area (Å²) in [7, 11) is 0. The third-order valence-corrected chi connectivity index (χ3v) is 6.77. The smallest absolute Gasteiger partial charge is 0.201 e. The van der Waals surface area contributed by atoms with Crippen molar-refractivity contribution < 1.29 is 13.5 Å². The summed E-state index contributed by atoms with van der Waals surface area (Å²) in [4.78, 5) is 24.9. The van der Waals surface area contributed by atoms with E-state index in [2.05, 4.69) is 33.4 Å². The molecule has 2 N–H and O–H groups in total. The van der Waals surface area contributed by atoms with Crippen LogP contribution in [0.5, 0.6) is 11.5 Å². The Labute approximate surface area is 232 Å². The lowest BCUT2D eigenvalue weighted by Crippen LogP contribution is -2.10. The van der Waals surface area contributed by atoms with Gasteiger partial charge in [0.1, 0.15) is 17.4 Å². The second kappa shape index (κ2) is 11.7. The van der Waals surface area contributed by atoms with E-state index in [1.807, 2.05) is 11.4 Å². The van der Waals surface area contributed by atoms with Crippen LogP contribution in [0.1, 0.15) is 0 Å². The largest absolute Gasteiger partial charge is 0.453 e. The highest BCUT2D eigenvalue weighted by Crippen LogP contribution is 2.34. The zero-order valence-corrected chi connectivity index (χ0v) is 21.8. The van der Waals surface area contributed by atoms with E-state index in [9.17, 15) is 13.6 Å². The SMILES string of the molecule is C=CC=C.O=c1c(-c2ccccc2F)c[nH]c2ccnc(Nc3ccc(Oc4ccnc5ccsc45)c(F)c3)c12. The van der Waals surface area contributed by atoms with E-state index in [1.165, 1.54) is 48.0 Å². The van der Waals surface area contributed by atoms with Gasteiger partial charge in [0.2, 0.25) is 5.43 Å². The summed E-state index contributed by atoms with van der Waals surface area (Å²) in [5.41, 5.74) is 1.60. The van der Waals surface area contributed by atoms with Gasteiger partial charge in [-0.15, -0.1) is 11.3 Å². The van der Waals surface area contributed by atoms with E-state index in [0.29, 0.717) is 17.0 Å². The van der Waals surface area contributed by atoms with E-state index >= 15 is 0 Å².